The molecule has 0 N–H and O–H groups in total. The number of carbonyl (C=O) groups is 4. The fourth-order valence-corrected chi connectivity index (χ4v) is 2.98. The fraction of sp³-hybridized carbons (Fsp3) is 0.158. The van der Waals surface area contributed by atoms with Crippen LogP contribution >= 0.6 is 0 Å². The van der Waals surface area contributed by atoms with Crippen LogP contribution in [0.2, 0.25) is 0 Å². The molecule has 2 aromatic rings. The molecule has 2 aromatic carbocycles. The minimum absolute atomic E-state index is 0.138. The standard InChI is InChI=1S/C19H13NO6/c21-16-13-6-1-2-7-14(13)17(22)20(16)12-5-3-4-11(10-12)18(23)26-15-8-9-25-19(15)24/h1-7,10,15H,8-9H2/t15-/m0/s1. The van der Waals surface area contributed by atoms with E-state index in [0.717, 1.165) is 4.90 Å². The molecule has 0 radical (unpaired) electrons. The molecule has 2 aliphatic heterocycles. The lowest BCUT2D eigenvalue weighted by molar-refractivity contribution is -0.145. The van der Waals surface area contributed by atoms with Crippen LogP contribution in [0.3, 0.4) is 0 Å². The molecule has 0 spiro atoms. The van der Waals surface area contributed by atoms with Crippen LogP contribution in [-0.4, -0.2) is 36.5 Å². The molecule has 2 heterocycles. The summed E-state index contributed by atoms with van der Waals surface area (Å²) in [6.45, 7) is 0.214. The van der Waals surface area contributed by atoms with Gasteiger partial charge in [0, 0.05) is 6.42 Å². The lowest BCUT2D eigenvalue weighted by Crippen LogP contribution is -2.29. The van der Waals surface area contributed by atoms with Gasteiger partial charge in [0.2, 0.25) is 6.10 Å². The average molecular weight is 351 g/mol. The number of anilines is 1. The highest BCUT2D eigenvalue weighted by Crippen LogP contribution is 2.29. The summed E-state index contributed by atoms with van der Waals surface area (Å²) in [7, 11) is 0. The third-order valence-electron chi connectivity index (χ3n) is 4.27. The van der Waals surface area contributed by atoms with Crippen molar-refractivity contribution < 1.29 is 28.7 Å². The molecule has 0 saturated carbocycles. The highest BCUT2D eigenvalue weighted by atomic mass is 16.6. The van der Waals surface area contributed by atoms with Crippen molar-refractivity contribution in [2.75, 3.05) is 11.5 Å². The van der Waals surface area contributed by atoms with Crippen molar-refractivity contribution in [1.29, 1.82) is 0 Å². The van der Waals surface area contributed by atoms with Crippen LogP contribution in [0.1, 0.15) is 37.5 Å². The van der Waals surface area contributed by atoms with E-state index in [1.54, 1.807) is 36.4 Å². The molecule has 1 fully saturated rings. The average Bonchev–Trinajstić information content (AvgIpc) is 3.17. The first-order chi connectivity index (χ1) is 12.6. The third kappa shape index (κ3) is 2.54. The molecule has 7 heteroatoms. The number of rotatable bonds is 3. The zero-order valence-electron chi connectivity index (χ0n) is 13.5. The van der Waals surface area contributed by atoms with Crippen molar-refractivity contribution >= 4 is 29.4 Å². The van der Waals surface area contributed by atoms with Gasteiger partial charge >= 0.3 is 11.9 Å². The predicted molar refractivity (Wildman–Crippen MR) is 88.8 cm³/mol. The topological polar surface area (TPSA) is 90.0 Å². The number of ether oxygens (including phenoxy) is 2. The van der Waals surface area contributed by atoms with Crippen LogP contribution in [-0.2, 0) is 14.3 Å². The summed E-state index contributed by atoms with van der Waals surface area (Å²) >= 11 is 0. The van der Waals surface area contributed by atoms with E-state index >= 15 is 0 Å². The van der Waals surface area contributed by atoms with Gasteiger partial charge in [-0.2, -0.15) is 0 Å². The summed E-state index contributed by atoms with van der Waals surface area (Å²) < 4.78 is 9.90. The van der Waals surface area contributed by atoms with Gasteiger partial charge in [0.25, 0.3) is 11.8 Å². The number of esters is 2. The van der Waals surface area contributed by atoms with Crippen LogP contribution in [0, 0.1) is 0 Å². The second kappa shape index (κ2) is 6.11. The van der Waals surface area contributed by atoms with Gasteiger partial charge in [-0.3, -0.25) is 9.59 Å². The summed E-state index contributed by atoms with van der Waals surface area (Å²) in [6, 6.07) is 12.5. The molecular formula is C19H13NO6. The van der Waals surface area contributed by atoms with Gasteiger partial charge in [0.1, 0.15) is 0 Å². The highest BCUT2D eigenvalue weighted by molar-refractivity contribution is 6.34. The maximum atomic E-state index is 12.5. The van der Waals surface area contributed by atoms with Crippen molar-refractivity contribution in [2.24, 2.45) is 0 Å². The van der Waals surface area contributed by atoms with Gasteiger partial charge < -0.3 is 9.47 Å². The summed E-state index contributed by atoms with van der Waals surface area (Å²) in [5.74, 6) is -2.19. The third-order valence-corrected chi connectivity index (χ3v) is 4.27. The maximum absolute atomic E-state index is 12.5. The summed E-state index contributed by atoms with van der Waals surface area (Å²) in [5, 5.41) is 0. The predicted octanol–water partition coefficient (Wildman–Crippen LogP) is 1.96. The lowest BCUT2D eigenvalue weighted by Gasteiger charge is -2.15. The molecule has 0 bridgehead atoms. The number of nitrogens with zero attached hydrogens (tertiary/aromatic N) is 1. The monoisotopic (exact) mass is 351 g/mol. The van der Waals surface area contributed by atoms with Gasteiger partial charge in [0.15, 0.2) is 0 Å². The first-order valence-electron chi connectivity index (χ1n) is 8.02. The number of amides is 2. The molecule has 7 nitrogen and oxygen atoms in total. The molecule has 4 rings (SSSR count). The summed E-state index contributed by atoms with van der Waals surface area (Å²) in [6.07, 6.45) is -0.617. The van der Waals surface area contributed by atoms with E-state index in [1.165, 1.54) is 12.1 Å². The van der Waals surface area contributed by atoms with Gasteiger partial charge in [-0.05, 0) is 30.3 Å². The Kier molecular flexibility index (Phi) is 3.76. The first-order valence-corrected chi connectivity index (χ1v) is 8.02. The van der Waals surface area contributed by atoms with Gasteiger partial charge in [-0.15, -0.1) is 0 Å². The molecule has 26 heavy (non-hydrogen) atoms. The van der Waals surface area contributed by atoms with Crippen molar-refractivity contribution in [3.05, 3.63) is 65.2 Å². The van der Waals surface area contributed by atoms with Gasteiger partial charge in [0.05, 0.1) is 29.0 Å². The zero-order valence-corrected chi connectivity index (χ0v) is 13.5. The van der Waals surface area contributed by atoms with Crippen LogP contribution in [0.4, 0.5) is 5.69 Å². The van der Waals surface area contributed by atoms with Gasteiger partial charge in [-0.1, -0.05) is 18.2 Å². The van der Waals surface area contributed by atoms with E-state index < -0.39 is 29.9 Å². The number of imide groups is 1. The van der Waals surface area contributed by atoms with Gasteiger partial charge in [-0.25, -0.2) is 14.5 Å². The van der Waals surface area contributed by atoms with Crippen LogP contribution in [0.5, 0.6) is 0 Å². The maximum Gasteiger partial charge on any atom is 0.347 e. The Bertz CT molecular complexity index is 916. The number of fused-ring (bicyclic) bond motifs is 1. The Morgan fingerprint density at radius 3 is 2.31 bits per heavy atom. The smallest absolute Gasteiger partial charge is 0.347 e. The molecular weight excluding hydrogens is 338 g/mol. The van der Waals surface area contributed by atoms with E-state index in [1.807, 2.05) is 0 Å². The van der Waals surface area contributed by atoms with Crippen molar-refractivity contribution in [3.63, 3.8) is 0 Å². The highest BCUT2D eigenvalue weighted by Gasteiger charge is 2.36. The normalized spacial score (nSPS) is 18.7. The quantitative estimate of drug-likeness (QED) is 0.620. The lowest BCUT2D eigenvalue weighted by atomic mass is 10.1. The zero-order chi connectivity index (χ0) is 18.3. The number of hydrogen-bond donors (Lipinski definition) is 0. The number of hydrogen-bond acceptors (Lipinski definition) is 6. The van der Waals surface area contributed by atoms with E-state index in [0.29, 0.717) is 17.5 Å². The minimum Gasteiger partial charge on any atom is -0.463 e. The van der Waals surface area contributed by atoms with Crippen LogP contribution in [0.15, 0.2) is 48.5 Å². The Hall–Kier alpha value is -3.48. The first kappa shape index (κ1) is 16.0. The molecule has 130 valence electrons. The van der Waals surface area contributed by atoms with Crippen molar-refractivity contribution in [1.82, 2.24) is 0 Å². The van der Waals surface area contributed by atoms with Crippen LogP contribution < -0.4 is 4.90 Å². The second-order valence-corrected chi connectivity index (χ2v) is 5.89. The molecule has 0 unspecified atom stereocenters. The fourth-order valence-electron chi connectivity index (χ4n) is 2.98. The van der Waals surface area contributed by atoms with Crippen molar-refractivity contribution in [3.8, 4) is 0 Å². The Balaban J connectivity index is 1.61. The summed E-state index contributed by atoms with van der Waals surface area (Å²) in [4.78, 5) is 49.8. The molecule has 1 saturated heterocycles. The Morgan fingerprint density at radius 2 is 1.69 bits per heavy atom. The molecule has 1 atom stereocenters. The number of benzene rings is 2. The van der Waals surface area contributed by atoms with E-state index in [-0.39, 0.29) is 17.9 Å². The molecule has 0 aliphatic carbocycles. The molecule has 2 amide bonds. The number of carbonyl (C=O) groups excluding carboxylic acids is 4. The van der Waals surface area contributed by atoms with Crippen molar-refractivity contribution in [2.45, 2.75) is 12.5 Å². The Morgan fingerprint density at radius 1 is 1.00 bits per heavy atom. The molecule has 2 aliphatic rings. The van der Waals surface area contributed by atoms with Crippen LogP contribution in [0.25, 0.3) is 0 Å². The summed E-state index contributed by atoms with van der Waals surface area (Å²) in [5.41, 5.74) is 1.04. The van der Waals surface area contributed by atoms with E-state index in [4.69, 9.17) is 9.47 Å². The largest absolute Gasteiger partial charge is 0.463 e. The van der Waals surface area contributed by atoms with E-state index in [9.17, 15) is 19.2 Å². The second-order valence-electron chi connectivity index (χ2n) is 5.89. The minimum atomic E-state index is -0.925. The van der Waals surface area contributed by atoms with E-state index in [2.05, 4.69) is 0 Å². The Labute approximate surface area is 148 Å². The molecule has 0 aromatic heterocycles. The SMILES string of the molecule is O=C(O[C@H]1CCOC1=O)c1cccc(N2C(=O)c3ccccc3C2=O)c1. The number of cyclic esters (lactones) is 1.